The number of guanidine groups is 1. The molecule has 1 fully saturated rings. The normalized spacial score (nSPS) is 18.4. The van der Waals surface area contributed by atoms with E-state index in [0.717, 1.165) is 30.3 Å². The molecule has 0 radical (unpaired) electrons. The first-order valence-electron chi connectivity index (χ1n) is 9.14. The van der Waals surface area contributed by atoms with Crippen molar-refractivity contribution in [2.24, 2.45) is 4.99 Å². The smallest absolute Gasteiger partial charge is 0.407 e. The summed E-state index contributed by atoms with van der Waals surface area (Å²) in [5.74, 6) is 0.729. The molecule has 0 aromatic carbocycles. The number of aliphatic hydroxyl groups excluding tert-OH is 1. The van der Waals surface area contributed by atoms with Gasteiger partial charge in [0.15, 0.2) is 5.96 Å². The van der Waals surface area contributed by atoms with Crippen LogP contribution in [0.25, 0.3) is 0 Å². The summed E-state index contributed by atoms with van der Waals surface area (Å²) in [4.78, 5) is 19.4. The lowest BCUT2D eigenvalue weighted by Crippen LogP contribution is -2.44. The standard InChI is InChI=1S/C18H29ClN4O3S.HI/c1-5-20-16(21-10-13(24)14-6-7-15(19)27-14)23-9-8-12(11-23)22-17(25)26-18(2,3)4;/h6-7,12-13,24H,5,8-11H2,1-4H3,(H,20,21)(H,22,25);1H. The van der Waals surface area contributed by atoms with Crippen LogP contribution in [0.1, 0.15) is 45.1 Å². The van der Waals surface area contributed by atoms with Crippen molar-refractivity contribution in [3.05, 3.63) is 21.3 Å². The number of nitrogens with zero attached hydrogens (tertiary/aromatic N) is 2. The van der Waals surface area contributed by atoms with Gasteiger partial charge >= 0.3 is 6.09 Å². The largest absolute Gasteiger partial charge is 0.444 e. The van der Waals surface area contributed by atoms with E-state index in [-0.39, 0.29) is 36.6 Å². The molecule has 1 aromatic heterocycles. The minimum Gasteiger partial charge on any atom is -0.444 e. The first kappa shape index (κ1) is 25.3. The van der Waals surface area contributed by atoms with E-state index in [1.54, 1.807) is 6.07 Å². The molecular formula is C18H30ClIN4O3S. The minimum atomic E-state index is -0.686. The van der Waals surface area contributed by atoms with Crippen LogP contribution in [-0.4, -0.2) is 59.9 Å². The van der Waals surface area contributed by atoms with Gasteiger partial charge in [-0.15, -0.1) is 35.3 Å². The number of nitrogens with one attached hydrogen (secondary N) is 2. The second-order valence-corrected chi connectivity index (χ2v) is 9.18. The van der Waals surface area contributed by atoms with Gasteiger partial charge in [0.25, 0.3) is 0 Å². The second kappa shape index (κ2) is 11.4. The molecule has 1 aliphatic rings. The highest BCUT2D eigenvalue weighted by atomic mass is 127. The maximum Gasteiger partial charge on any atom is 0.407 e. The number of likely N-dealkylation sites (tertiary alicyclic amines) is 1. The Morgan fingerprint density at radius 3 is 2.79 bits per heavy atom. The number of ether oxygens (including phenoxy) is 1. The third-order valence-corrected chi connectivity index (χ3v) is 5.21. The lowest BCUT2D eigenvalue weighted by molar-refractivity contribution is 0.0507. The summed E-state index contributed by atoms with van der Waals surface area (Å²) < 4.78 is 5.96. The van der Waals surface area contributed by atoms with Crippen LogP contribution in [0.15, 0.2) is 17.1 Å². The van der Waals surface area contributed by atoms with Crippen LogP contribution in [0.3, 0.4) is 0 Å². The van der Waals surface area contributed by atoms with Gasteiger partial charge < -0.3 is 25.4 Å². The Balaban J connectivity index is 0.00000392. The van der Waals surface area contributed by atoms with Crippen LogP contribution in [0.5, 0.6) is 0 Å². The number of rotatable bonds is 5. The summed E-state index contributed by atoms with van der Waals surface area (Å²) in [5, 5.41) is 16.5. The van der Waals surface area contributed by atoms with Crippen LogP contribution >= 0.6 is 46.9 Å². The molecule has 2 heterocycles. The molecule has 1 aromatic rings. The highest BCUT2D eigenvalue weighted by molar-refractivity contribution is 14.0. The molecule has 0 spiro atoms. The Bertz CT molecular complexity index is 666. The second-order valence-electron chi connectivity index (χ2n) is 7.43. The van der Waals surface area contributed by atoms with Crippen molar-refractivity contribution in [3.8, 4) is 0 Å². The monoisotopic (exact) mass is 544 g/mol. The van der Waals surface area contributed by atoms with Crippen molar-refractivity contribution in [3.63, 3.8) is 0 Å². The number of halogens is 2. The van der Waals surface area contributed by atoms with E-state index in [1.807, 2.05) is 33.8 Å². The summed E-state index contributed by atoms with van der Waals surface area (Å²) in [6.45, 7) is 9.91. The van der Waals surface area contributed by atoms with Gasteiger partial charge in [0, 0.05) is 24.5 Å². The highest BCUT2D eigenvalue weighted by Gasteiger charge is 2.28. The third-order valence-electron chi connectivity index (χ3n) is 3.88. The molecule has 28 heavy (non-hydrogen) atoms. The number of amides is 1. The predicted octanol–water partition coefficient (Wildman–Crippen LogP) is 3.62. The number of carbonyl (C=O) groups excluding carboxylic acids is 1. The highest BCUT2D eigenvalue weighted by Crippen LogP contribution is 2.27. The predicted molar refractivity (Wildman–Crippen MR) is 125 cm³/mol. The molecule has 0 bridgehead atoms. The van der Waals surface area contributed by atoms with E-state index in [9.17, 15) is 9.90 Å². The Morgan fingerprint density at radius 2 is 2.21 bits per heavy atom. The van der Waals surface area contributed by atoms with E-state index in [4.69, 9.17) is 16.3 Å². The van der Waals surface area contributed by atoms with Gasteiger partial charge in [-0.05, 0) is 46.2 Å². The SMILES string of the molecule is CCNC(=NCC(O)c1ccc(Cl)s1)N1CCC(NC(=O)OC(C)(C)C)C1.I. The zero-order valence-electron chi connectivity index (χ0n) is 16.7. The van der Waals surface area contributed by atoms with Crippen molar-refractivity contribution in [2.45, 2.75) is 51.9 Å². The number of hydrogen-bond acceptors (Lipinski definition) is 5. The summed E-state index contributed by atoms with van der Waals surface area (Å²) >= 11 is 7.28. The molecule has 160 valence electrons. The number of alkyl carbamates (subject to hydrolysis) is 1. The Hall–Kier alpha value is -0.780. The van der Waals surface area contributed by atoms with E-state index in [2.05, 4.69) is 20.5 Å². The zero-order valence-corrected chi connectivity index (χ0v) is 20.6. The maximum absolute atomic E-state index is 12.0. The van der Waals surface area contributed by atoms with E-state index in [0.29, 0.717) is 10.9 Å². The van der Waals surface area contributed by atoms with E-state index in [1.165, 1.54) is 11.3 Å². The molecule has 0 aliphatic carbocycles. The number of thiophene rings is 1. The van der Waals surface area contributed by atoms with Crippen molar-refractivity contribution in [2.75, 3.05) is 26.2 Å². The van der Waals surface area contributed by atoms with Gasteiger partial charge in [0.05, 0.1) is 16.9 Å². The van der Waals surface area contributed by atoms with Gasteiger partial charge in [0.1, 0.15) is 11.7 Å². The summed E-state index contributed by atoms with van der Waals surface area (Å²) in [6.07, 6.45) is -0.275. The van der Waals surface area contributed by atoms with Crippen LogP contribution < -0.4 is 10.6 Å². The Labute approximate surface area is 192 Å². The fraction of sp³-hybridized carbons (Fsp3) is 0.667. The molecule has 10 heteroatoms. The first-order valence-corrected chi connectivity index (χ1v) is 10.3. The molecule has 2 unspecified atom stereocenters. The van der Waals surface area contributed by atoms with Crippen molar-refractivity contribution < 1.29 is 14.6 Å². The Kier molecular flexibility index (Phi) is 10.3. The molecule has 0 saturated carbocycles. The van der Waals surface area contributed by atoms with Crippen molar-refractivity contribution in [1.82, 2.24) is 15.5 Å². The van der Waals surface area contributed by atoms with Crippen LogP contribution in [0.4, 0.5) is 4.79 Å². The lowest BCUT2D eigenvalue weighted by Gasteiger charge is -2.23. The van der Waals surface area contributed by atoms with Gasteiger partial charge in [-0.3, -0.25) is 4.99 Å². The Morgan fingerprint density at radius 1 is 1.50 bits per heavy atom. The molecule has 2 rings (SSSR count). The van der Waals surface area contributed by atoms with Crippen LogP contribution in [-0.2, 0) is 4.74 Å². The summed E-state index contributed by atoms with van der Waals surface area (Å²) in [7, 11) is 0. The molecule has 3 N–H and O–H groups in total. The molecule has 1 saturated heterocycles. The molecule has 2 atom stereocenters. The fourth-order valence-corrected chi connectivity index (χ4v) is 3.78. The maximum atomic E-state index is 12.0. The fourth-order valence-electron chi connectivity index (χ4n) is 2.74. The number of hydrogen-bond donors (Lipinski definition) is 3. The van der Waals surface area contributed by atoms with Gasteiger partial charge in [0.2, 0.25) is 0 Å². The molecule has 7 nitrogen and oxygen atoms in total. The average molecular weight is 545 g/mol. The van der Waals surface area contributed by atoms with Gasteiger partial charge in [-0.25, -0.2) is 4.79 Å². The number of aliphatic imine (C=N–C) groups is 1. The quantitative estimate of drug-likeness (QED) is 0.300. The topological polar surface area (TPSA) is 86.2 Å². The lowest BCUT2D eigenvalue weighted by atomic mass is 10.2. The third kappa shape index (κ3) is 8.30. The van der Waals surface area contributed by atoms with Crippen LogP contribution in [0, 0.1) is 0 Å². The first-order chi connectivity index (χ1) is 12.7. The zero-order chi connectivity index (χ0) is 20.0. The van der Waals surface area contributed by atoms with E-state index >= 15 is 0 Å². The van der Waals surface area contributed by atoms with Crippen molar-refractivity contribution in [1.29, 1.82) is 0 Å². The average Bonchev–Trinajstić information content (AvgIpc) is 3.18. The summed E-state index contributed by atoms with van der Waals surface area (Å²) in [6, 6.07) is 3.59. The molecular weight excluding hydrogens is 515 g/mol. The van der Waals surface area contributed by atoms with Gasteiger partial charge in [-0.1, -0.05) is 11.6 Å². The van der Waals surface area contributed by atoms with E-state index < -0.39 is 17.8 Å². The number of aliphatic hydroxyl groups is 1. The number of carbonyl (C=O) groups is 1. The van der Waals surface area contributed by atoms with Crippen LogP contribution in [0.2, 0.25) is 4.34 Å². The van der Waals surface area contributed by atoms with Gasteiger partial charge in [-0.2, -0.15) is 0 Å². The molecule has 1 aliphatic heterocycles. The molecule has 1 amide bonds. The minimum absolute atomic E-state index is 0. The summed E-state index contributed by atoms with van der Waals surface area (Å²) in [5.41, 5.74) is -0.514. The van der Waals surface area contributed by atoms with Crippen molar-refractivity contribution >= 4 is 59.0 Å².